The van der Waals surface area contributed by atoms with Gasteiger partial charge in [0.25, 0.3) is 0 Å². The molecule has 3 heteroatoms. The lowest BCUT2D eigenvalue weighted by Gasteiger charge is -2.38. The molecule has 2 aliphatic rings. The summed E-state index contributed by atoms with van der Waals surface area (Å²) >= 11 is 0. The fourth-order valence-electron chi connectivity index (χ4n) is 4.07. The molecule has 19 heavy (non-hydrogen) atoms. The Bertz CT molecular complexity index is 513. The first kappa shape index (κ1) is 12.8. The van der Waals surface area contributed by atoms with Crippen LogP contribution in [-0.4, -0.2) is 6.10 Å². The number of fused-ring (bicyclic) bond motifs is 2. The van der Waals surface area contributed by atoms with E-state index < -0.39 is 0 Å². The van der Waals surface area contributed by atoms with Gasteiger partial charge in [-0.05, 0) is 42.7 Å². The van der Waals surface area contributed by atoms with Crippen LogP contribution >= 0.6 is 0 Å². The first-order chi connectivity index (χ1) is 8.84. The number of rotatable bonds is 2. The Balaban J connectivity index is 1.86. The minimum Gasteiger partial charge on any atom is -0.487 e. The average Bonchev–Trinajstić information content (AvgIpc) is 2.65. The van der Waals surface area contributed by atoms with Crippen LogP contribution in [0.3, 0.4) is 0 Å². The Kier molecular flexibility index (Phi) is 2.60. The summed E-state index contributed by atoms with van der Waals surface area (Å²) in [4.78, 5) is 0. The molecule has 2 bridgehead atoms. The molecule has 104 valence electrons. The number of nitrogens with two attached hydrogens (primary N) is 1. The first-order valence-electron chi connectivity index (χ1n) is 7.06. The number of halogens is 1. The summed E-state index contributed by atoms with van der Waals surface area (Å²) in [6, 6.07) is 4.67. The minimum atomic E-state index is -0.357. The van der Waals surface area contributed by atoms with Gasteiger partial charge in [-0.3, -0.25) is 0 Å². The molecule has 0 amide bonds. The molecular formula is C16H22FNO. The van der Waals surface area contributed by atoms with Crippen molar-refractivity contribution in [1.82, 2.24) is 0 Å². The van der Waals surface area contributed by atoms with Gasteiger partial charge in [0.1, 0.15) is 6.10 Å². The third kappa shape index (κ3) is 1.67. The van der Waals surface area contributed by atoms with E-state index in [4.69, 9.17) is 10.5 Å². The molecule has 2 aliphatic carbocycles. The zero-order valence-electron chi connectivity index (χ0n) is 11.9. The standard InChI is InChI=1S/C16H22FNO/c1-15(2)10-6-7-16(15,3)14(8-10)19-13-5-4-11(18)9-12(13)17/h4-5,9-10,14H,6-8,18H2,1-3H3. The molecule has 0 aromatic heterocycles. The third-order valence-electron chi connectivity index (χ3n) is 5.94. The van der Waals surface area contributed by atoms with Crippen LogP contribution in [-0.2, 0) is 0 Å². The quantitative estimate of drug-likeness (QED) is 0.818. The molecule has 2 N–H and O–H groups in total. The van der Waals surface area contributed by atoms with Gasteiger partial charge in [0.2, 0.25) is 0 Å². The molecular weight excluding hydrogens is 241 g/mol. The summed E-state index contributed by atoms with van der Waals surface area (Å²) in [5.41, 5.74) is 6.43. The molecule has 3 rings (SSSR count). The predicted molar refractivity (Wildman–Crippen MR) is 74.5 cm³/mol. The Hall–Kier alpha value is -1.25. The number of hydrogen-bond acceptors (Lipinski definition) is 2. The molecule has 0 heterocycles. The van der Waals surface area contributed by atoms with Crippen molar-refractivity contribution >= 4 is 5.69 Å². The van der Waals surface area contributed by atoms with Crippen LogP contribution in [0.25, 0.3) is 0 Å². The summed E-state index contributed by atoms with van der Waals surface area (Å²) in [7, 11) is 0. The van der Waals surface area contributed by atoms with E-state index >= 15 is 0 Å². The second-order valence-corrected chi connectivity index (χ2v) is 6.91. The highest BCUT2D eigenvalue weighted by Gasteiger charge is 2.62. The maximum absolute atomic E-state index is 13.9. The van der Waals surface area contributed by atoms with E-state index in [0.29, 0.717) is 17.4 Å². The highest BCUT2D eigenvalue weighted by molar-refractivity contribution is 5.43. The van der Waals surface area contributed by atoms with E-state index in [1.165, 1.54) is 18.9 Å². The van der Waals surface area contributed by atoms with E-state index in [9.17, 15) is 4.39 Å². The van der Waals surface area contributed by atoms with Crippen LogP contribution in [0.4, 0.5) is 10.1 Å². The van der Waals surface area contributed by atoms with E-state index in [-0.39, 0.29) is 22.8 Å². The molecule has 0 spiro atoms. The van der Waals surface area contributed by atoms with Gasteiger partial charge in [0, 0.05) is 17.2 Å². The summed E-state index contributed by atoms with van der Waals surface area (Å²) in [6.07, 6.45) is 3.59. The number of ether oxygens (including phenoxy) is 1. The van der Waals surface area contributed by atoms with Crippen LogP contribution in [0.2, 0.25) is 0 Å². The molecule has 3 atom stereocenters. The molecule has 0 aliphatic heterocycles. The van der Waals surface area contributed by atoms with Gasteiger partial charge in [0.05, 0.1) is 0 Å². The summed E-state index contributed by atoms with van der Waals surface area (Å²) in [5.74, 6) is 0.673. The van der Waals surface area contributed by atoms with Crippen molar-refractivity contribution in [2.24, 2.45) is 16.7 Å². The second kappa shape index (κ2) is 3.87. The van der Waals surface area contributed by atoms with Crippen molar-refractivity contribution < 1.29 is 9.13 Å². The maximum Gasteiger partial charge on any atom is 0.167 e. The Morgan fingerprint density at radius 2 is 2.05 bits per heavy atom. The maximum atomic E-state index is 13.9. The van der Waals surface area contributed by atoms with Crippen LogP contribution < -0.4 is 10.5 Å². The molecule has 2 nitrogen and oxygen atoms in total. The van der Waals surface area contributed by atoms with E-state index in [0.717, 1.165) is 6.42 Å². The van der Waals surface area contributed by atoms with Gasteiger partial charge >= 0.3 is 0 Å². The first-order valence-corrected chi connectivity index (χ1v) is 7.06. The zero-order chi connectivity index (χ0) is 13.8. The summed E-state index contributed by atoms with van der Waals surface area (Å²) in [6.45, 7) is 6.95. The molecule has 0 radical (unpaired) electrons. The molecule has 1 aromatic rings. The Morgan fingerprint density at radius 1 is 1.32 bits per heavy atom. The largest absolute Gasteiger partial charge is 0.487 e. The van der Waals surface area contributed by atoms with Crippen molar-refractivity contribution in [3.63, 3.8) is 0 Å². The molecule has 0 saturated heterocycles. The lowest BCUT2D eigenvalue weighted by Crippen LogP contribution is -2.39. The molecule has 1 aromatic carbocycles. The van der Waals surface area contributed by atoms with Gasteiger partial charge in [-0.2, -0.15) is 0 Å². The van der Waals surface area contributed by atoms with E-state index in [1.807, 2.05) is 0 Å². The number of nitrogen functional groups attached to an aromatic ring is 1. The van der Waals surface area contributed by atoms with Gasteiger partial charge in [-0.25, -0.2) is 4.39 Å². The van der Waals surface area contributed by atoms with Crippen molar-refractivity contribution in [2.75, 3.05) is 5.73 Å². The summed E-state index contributed by atoms with van der Waals surface area (Å²) in [5, 5.41) is 0. The Morgan fingerprint density at radius 3 is 2.58 bits per heavy atom. The van der Waals surface area contributed by atoms with Crippen LogP contribution in [0, 0.1) is 22.6 Å². The van der Waals surface area contributed by atoms with Crippen molar-refractivity contribution in [3.05, 3.63) is 24.0 Å². The fourth-order valence-corrected chi connectivity index (χ4v) is 4.07. The lowest BCUT2D eigenvalue weighted by molar-refractivity contribution is 0.0278. The Labute approximate surface area is 114 Å². The van der Waals surface area contributed by atoms with Crippen molar-refractivity contribution in [2.45, 2.75) is 46.1 Å². The van der Waals surface area contributed by atoms with Gasteiger partial charge < -0.3 is 10.5 Å². The third-order valence-corrected chi connectivity index (χ3v) is 5.94. The number of benzene rings is 1. The fraction of sp³-hybridized carbons (Fsp3) is 0.625. The van der Waals surface area contributed by atoms with Crippen molar-refractivity contribution in [3.8, 4) is 5.75 Å². The lowest BCUT2D eigenvalue weighted by atomic mass is 9.70. The number of hydrogen-bond donors (Lipinski definition) is 1. The highest BCUT2D eigenvalue weighted by atomic mass is 19.1. The van der Waals surface area contributed by atoms with Crippen molar-refractivity contribution in [1.29, 1.82) is 0 Å². The highest BCUT2D eigenvalue weighted by Crippen LogP contribution is 2.66. The monoisotopic (exact) mass is 263 g/mol. The smallest absolute Gasteiger partial charge is 0.167 e. The minimum absolute atomic E-state index is 0.111. The van der Waals surface area contributed by atoms with E-state index in [2.05, 4.69) is 20.8 Å². The normalized spacial score (nSPS) is 35.6. The van der Waals surface area contributed by atoms with E-state index in [1.54, 1.807) is 12.1 Å². The van der Waals surface area contributed by atoms with Gasteiger partial charge in [0.15, 0.2) is 11.6 Å². The zero-order valence-corrected chi connectivity index (χ0v) is 11.9. The second-order valence-electron chi connectivity index (χ2n) is 6.91. The molecule has 3 unspecified atom stereocenters. The predicted octanol–water partition coefficient (Wildman–Crippen LogP) is 4.00. The van der Waals surface area contributed by atoms with Gasteiger partial charge in [-0.1, -0.05) is 20.8 Å². The number of anilines is 1. The average molecular weight is 263 g/mol. The van der Waals surface area contributed by atoms with Crippen LogP contribution in [0.1, 0.15) is 40.0 Å². The SMILES string of the molecule is CC1(C)C2CCC1(C)C(Oc1ccc(N)cc1F)C2. The van der Waals surface area contributed by atoms with Crippen LogP contribution in [0.5, 0.6) is 5.75 Å². The topological polar surface area (TPSA) is 35.2 Å². The molecule has 2 fully saturated rings. The van der Waals surface area contributed by atoms with Crippen LogP contribution in [0.15, 0.2) is 18.2 Å². The molecule has 2 saturated carbocycles. The van der Waals surface area contributed by atoms with Gasteiger partial charge in [-0.15, -0.1) is 0 Å². The summed E-state index contributed by atoms with van der Waals surface area (Å²) < 4.78 is 19.9.